The van der Waals surface area contributed by atoms with Crippen LogP contribution in [-0.4, -0.2) is 33.4 Å². The van der Waals surface area contributed by atoms with Gasteiger partial charge in [0.15, 0.2) is 0 Å². The molecule has 1 aromatic carbocycles. The van der Waals surface area contributed by atoms with Crippen molar-refractivity contribution in [3.8, 4) is 0 Å². The highest BCUT2D eigenvalue weighted by Crippen LogP contribution is 2.75. The molecule has 1 aromatic heterocycles. The van der Waals surface area contributed by atoms with Gasteiger partial charge in [0.2, 0.25) is 5.91 Å². The second-order valence-electron chi connectivity index (χ2n) is 8.00. The minimum Gasteiger partial charge on any atom is -0.356 e. The maximum Gasteiger partial charge on any atom is 0.238 e. The summed E-state index contributed by atoms with van der Waals surface area (Å²) in [5.74, 6) is -0.0659. The molecule has 6 rings (SSSR count). The second kappa shape index (κ2) is 4.54. The largest absolute Gasteiger partial charge is 0.356 e. The average molecular weight is 347 g/mol. The van der Waals surface area contributed by atoms with E-state index in [0.717, 1.165) is 17.6 Å². The molecule has 0 spiro atoms. The normalized spacial score (nSPS) is 36.9. The molecule has 24 heavy (non-hydrogen) atoms. The van der Waals surface area contributed by atoms with Crippen molar-refractivity contribution in [1.82, 2.24) is 9.88 Å². The molecule has 2 aromatic rings. The number of benzene rings is 1. The summed E-state index contributed by atoms with van der Waals surface area (Å²) in [6.07, 6.45) is 2.52. The summed E-state index contributed by atoms with van der Waals surface area (Å²) >= 11 is 5.90. The molecule has 2 bridgehead atoms. The number of hydrogen-bond acceptors (Lipinski definition) is 1. The van der Waals surface area contributed by atoms with Crippen molar-refractivity contribution in [3.63, 3.8) is 0 Å². The Morgan fingerprint density at radius 3 is 2.75 bits per heavy atom. The van der Waals surface area contributed by atoms with Crippen LogP contribution in [0.15, 0.2) is 24.3 Å². The van der Waals surface area contributed by atoms with E-state index in [0.29, 0.717) is 19.3 Å². The van der Waals surface area contributed by atoms with Crippen molar-refractivity contribution in [1.29, 1.82) is 0 Å². The lowest BCUT2D eigenvalue weighted by molar-refractivity contribution is -0.251. The van der Waals surface area contributed by atoms with Gasteiger partial charge in [-0.3, -0.25) is 4.79 Å². The van der Waals surface area contributed by atoms with E-state index >= 15 is 0 Å². The van der Waals surface area contributed by atoms with Crippen LogP contribution < -0.4 is 0 Å². The molecule has 3 nitrogen and oxygen atoms in total. The van der Waals surface area contributed by atoms with Gasteiger partial charge in [-0.15, -0.1) is 11.6 Å². The van der Waals surface area contributed by atoms with Gasteiger partial charge in [-0.1, -0.05) is 18.2 Å². The van der Waals surface area contributed by atoms with Gasteiger partial charge in [-0.05, 0) is 44.2 Å². The average Bonchev–Trinajstić information content (AvgIpc) is 2.87. The Labute approximate surface area is 145 Å². The van der Waals surface area contributed by atoms with Crippen LogP contribution in [0.5, 0.6) is 0 Å². The SMILES string of the molecule is C[C@H]1Cc2c([nH]c3ccccc23)[C@H](C23CC(F)(C2)C3)N1C(=O)CCl. The van der Waals surface area contributed by atoms with E-state index in [1.807, 2.05) is 17.0 Å². The van der Waals surface area contributed by atoms with E-state index in [1.165, 1.54) is 10.9 Å². The Balaban J connectivity index is 1.69. The number of rotatable bonds is 2. The monoisotopic (exact) mass is 346 g/mol. The summed E-state index contributed by atoms with van der Waals surface area (Å²) in [7, 11) is 0. The van der Waals surface area contributed by atoms with Crippen LogP contribution in [0.3, 0.4) is 0 Å². The van der Waals surface area contributed by atoms with Crippen LogP contribution in [0.1, 0.15) is 43.5 Å². The summed E-state index contributed by atoms with van der Waals surface area (Å²) in [5, 5.41) is 1.23. The third kappa shape index (κ3) is 1.70. The first-order valence-corrected chi connectivity index (χ1v) is 9.15. The van der Waals surface area contributed by atoms with Gasteiger partial charge in [0.05, 0.1) is 6.04 Å². The first kappa shape index (κ1) is 14.8. The van der Waals surface area contributed by atoms with Crippen LogP contribution in [0.25, 0.3) is 10.9 Å². The number of nitrogens with one attached hydrogen (secondary N) is 1. The molecule has 3 fully saturated rings. The van der Waals surface area contributed by atoms with Gasteiger partial charge in [0.1, 0.15) is 11.5 Å². The Morgan fingerprint density at radius 1 is 1.38 bits per heavy atom. The number of carbonyl (C=O) groups excluding carboxylic acids is 1. The standard InChI is InChI=1S/C19H20ClFN2O/c1-11-6-13-12-4-2-3-5-14(12)22-16(13)17(23(11)15(24)7-20)18-8-19(21,9-18)10-18/h2-5,11,17,22H,6-10H2,1H3/t11-,17+,18?,19?/m0/s1. The van der Waals surface area contributed by atoms with Gasteiger partial charge in [0.25, 0.3) is 0 Å². The highest BCUT2D eigenvalue weighted by molar-refractivity contribution is 6.27. The van der Waals surface area contributed by atoms with Gasteiger partial charge >= 0.3 is 0 Å². The molecule has 1 amide bonds. The molecule has 3 saturated carbocycles. The lowest BCUT2D eigenvalue weighted by atomic mass is 9.39. The minimum atomic E-state index is -0.984. The molecule has 126 valence electrons. The van der Waals surface area contributed by atoms with Crippen molar-refractivity contribution in [2.24, 2.45) is 5.41 Å². The number of halogens is 2. The molecule has 0 unspecified atom stereocenters. The molecule has 1 N–H and O–H groups in total. The first-order valence-electron chi connectivity index (χ1n) is 8.62. The fourth-order valence-electron chi connectivity index (χ4n) is 5.55. The topological polar surface area (TPSA) is 36.1 Å². The Kier molecular flexibility index (Phi) is 2.79. The van der Waals surface area contributed by atoms with E-state index in [4.69, 9.17) is 11.6 Å². The number of hydrogen-bond donors (Lipinski definition) is 1. The number of fused-ring (bicyclic) bond motifs is 3. The maximum atomic E-state index is 14.2. The van der Waals surface area contributed by atoms with E-state index in [9.17, 15) is 9.18 Å². The molecular formula is C19H20ClFN2O. The number of carbonyl (C=O) groups is 1. The molecule has 5 heteroatoms. The number of aromatic nitrogens is 1. The third-order valence-corrected chi connectivity index (χ3v) is 6.59. The van der Waals surface area contributed by atoms with Gasteiger partial charge < -0.3 is 9.88 Å². The Hall–Kier alpha value is -1.55. The molecule has 0 saturated heterocycles. The predicted octanol–water partition coefficient (Wildman–Crippen LogP) is 4.11. The lowest BCUT2D eigenvalue weighted by Gasteiger charge is -2.70. The van der Waals surface area contributed by atoms with Gasteiger partial charge in [-0.2, -0.15) is 0 Å². The first-order chi connectivity index (χ1) is 11.5. The quantitative estimate of drug-likeness (QED) is 0.816. The maximum absolute atomic E-state index is 14.2. The van der Waals surface area contributed by atoms with Crippen molar-refractivity contribution < 1.29 is 9.18 Å². The molecule has 1 aliphatic heterocycles. The summed E-state index contributed by atoms with van der Waals surface area (Å²) < 4.78 is 14.2. The van der Waals surface area contributed by atoms with Crippen LogP contribution in [-0.2, 0) is 11.2 Å². The summed E-state index contributed by atoms with van der Waals surface area (Å²) in [6.45, 7) is 2.08. The van der Waals surface area contributed by atoms with Crippen molar-refractivity contribution >= 4 is 28.4 Å². The number of alkyl halides is 2. The van der Waals surface area contributed by atoms with Gasteiger partial charge in [0, 0.05) is 28.1 Å². The zero-order valence-corrected chi connectivity index (χ0v) is 14.4. The molecule has 3 aliphatic carbocycles. The number of H-pyrrole nitrogens is 1. The fraction of sp³-hybridized carbons (Fsp3) is 0.526. The molecular weight excluding hydrogens is 327 g/mol. The Bertz CT molecular complexity index is 840. The highest BCUT2D eigenvalue weighted by Gasteiger charge is 2.74. The lowest BCUT2D eigenvalue weighted by Crippen LogP contribution is -2.70. The zero-order valence-electron chi connectivity index (χ0n) is 13.6. The van der Waals surface area contributed by atoms with Crippen molar-refractivity contribution in [2.45, 2.75) is 50.4 Å². The van der Waals surface area contributed by atoms with Crippen LogP contribution in [0.4, 0.5) is 4.39 Å². The number of nitrogens with zero attached hydrogens (tertiary/aromatic N) is 1. The van der Waals surface area contributed by atoms with Crippen LogP contribution >= 0.6 is 11.6 Å². The smallest absolute Gasteiger partial charge is 0.238 e. The molecule has 0 radical (unpaired) electrons. The number of aromatic amines is 1. The molecule has 2 atom stereocenters. The van der Waals surface area contributed by atoms with E-state index in [2.05, 4.69) is 24.0 Å². The fourth-order valence-corrected chi connectivity index (χ4v) is 5.69. The van der Waals surface area contributed by atoms with Crippen LogP contribution in [0.2, 0.25) is 0 Å². The number of amides is 1. The minimum absolute atomic E-state index is 0.0206. The summed E-state index contributed by atoms with van der Waals surface area (Å²) in [5.41, 5.74) is 2.40. The van der Waals surface area contributed by atoms with E-state index in [-0.39, 0.29) is 29.3 Å². The zero-order chi connectivity index (χ0) is 16.7. The second-order valence-corrected chi connectivity index (χ2v) is 8.26. The highest BCUT2D eigenvalue weighted by atomic mass is 35.5. The van der Waals surface area contributed by atoms with E-state index < -0.39 is 5.67 Å². The third-order valence-electron chi connectivity index (χ3n) is 6.36. The van der Waals surface area contributed by atoms with Gasteiger partial charge in [-0.25, -0.2) is 4.39 Å². The summed E-state index contributed by atoms with van der Waals surface area (Å²) in [4.78, 5) is 18.1. The molecule has 4 aliphatic rings. The van der Waals surface area contributed by atoms with Crippen LogP contribution in [0, 0.1) is 5.41 Å². The predicted molar refractivity (Wildman–Crippen MR) is 91.9 cm³/mol. The Morgan fingerprint density at radius 2 is 2.08 bits per heavy atom. The molecule has 2 heterocycles. The van der Waals surface area contributed by atoms with Crippen molar-refractivity contribution in [3.05, 3.63) is 35.5 Å². The number of para-hydroxylation sites is 1. The summed E-state index contributed by atoms with van der Waals surface area (Å²) in [6, 6.07) is 8.27. The van der Waals surface area contributed by atoms with Crippen molar-refractivity contribution in [2.75, 3.05) is 5.88 Å². The van der Waals surface area contributed by atoms with E-state index in [1.54, 1.807) is 0 Å².